The minimum Gasteiger partial charge on any atom is -0.316 e. The van der Waals surface area contributed by atoms with Gasteiger partial charge in [0.1, 0.15) is 11.6 Å². The molecule has 0 bridgehead atoms. The topological polar surface area (TPSA) is 12.0 Å². The van der Waals surface area contributed by atoms with Gasteiger partial charge in [-0.15, -0.1) is 0 Å². The van der Waals surface area contributed by atoms with Crippen LogP contribution in [0.4, 0.5) is 8.78 Å². The highest BCUT2D eigenvalue weighted by Gasteiger charge is 2.31. The molecule has 1 aliphatic carbocycles. The Balaban J connectivity index is 2.43. The Bertz CT molecular complexity index is 390. The van der Waals surface area contributed by atoms with Gasteiger partial charge in [-0.05, 0) is 38.4 Å². The van der Waals surface area contributed by atoms with E-state index in [1.165, 1.54) is 12.1 Å². The van der Waals surface area contributed by atoms with Crippen molar-refractivity contribution >= 4 is 0 Å². The average molecular weight is 225 g/mol. The average Bonchev–Trinajstić information content (AvgIpc) is 2.72. The lowest BCUT2D eigenvalue weighted by Crippen LogP contribution is -2.28. The second kappa shape index (κ2) is 4.50. The number of nitrogens with one attached hydrogen (secondary N) is 1. The Morgan fingerprint density at radius 1 is 1.25 bits per heavy atom. The molecule has 1 saturated carbocycles. The van der Waals surface area contributed by atoms with Crippen LogP contribution in [0.3, 0.4) is 0 Å². The van der Waals surface area contributed by atoms with Crippen molar-refractivity contribution in [3.05, 3.63) is 34.9 Å². The maximum atomic E-state index is 14.0. The molecule has 2 unspecified atom stereocenters. The van der Waals surface area contributed by atoms with Gasteiger partial charge in [-0.2, -0.15) is 0 Å². The van der Waals surface area contributed by atoms with E-state index in [0.717, 1.165) is 19.3 Å². The minimum absolute atomic E-state index is 0.0232. The zero-order valence-corrected chi connectivity index (χ0v) is 9.69. The predicted octanol–water partition coefficient (Wildman–Crippen LogP) is 3.13. The number of halogens is 2. The Morgan fingerprint density at radius 3 is 2.69 bits per heavy atom. The van der Waals surface area contributed by atoms with E-state index in [4.69, 9.17) is 0 Å². The van der Waals surface area contributed by atoms with Gasteiger partial charge in [0.2, 0.25) is 0 Å². The quantitative estimate of drug-likeness (QED) is 0.815. The lowest BCUT2D eigenvalue weighted by atomic mass is 9.92. The van der Waals surface area contributed by atoms with Crippen molar-refractivity contribution < 1.29 is 8.78 Å². The van der Waals surface area contributed by atoms with Gasteiger partial charge in [-0.3, -0.25) is 0 Å². The van der Waals surface area contributed by atoms with E-state index in [1.807, 2.05) is 7.05 Å². The molecule has 1 N–H and O–H groups in total. The van der Waals surface area contributed by atoms with Crippen LogP contribution in [0.2, 0.25) is 0 Å². The van der Waals surface area contributed by atoms with E-state index in [0.29, 0.717) is 5.56 Å². The molecule has 0 radical (unpaired) electrons. The summed E-state index contributed by atoms with van der Waals surface area (Å²) < 4.78 is 27.7. The van der Waals surface area contributed by atoms with Crippen molar-refractivity contribution in [2.45, 2.75) is 38.1 Å². The number of likely N-dealkylation sites (N-methyl/N-ethyl adjacent to an activating group) is 1. The monoisotopic (exact) mass is 225 g/mol. The summed E-state index contributed by atoms with van der Waals surface area (Å²) in [4.78, 5) is 0. The van der Waals surface area contributed by atoms with Crippen LogP contribution in [0.1, 0.15) is 36.3 Å². The molecule has 0 spiro atoms. The molecule has 2 atom stereocenters. The van der Waals surface area contributed by atoms with Gasteiger partial charge in [-0.1, -0.05) is 12.5 Å². The smallest absolute Gasteiger partial charge is 0.132 e. The molecular weight excluding hydrogens is 208 g/mol. The summed E-state index contributed by atoms with van der Waals surface area (Å²) >= 11 is 0. The van der Waals surface area contributed by atoms with Crippen molar-refractivity contribution in [3.8, 4) is 0 Å². The SMILES string of the molecule is CNC1CCCC1c1c(F)ccc(C)c1F. The van der Waals surface area contributed by atoms with E-state index in [9.17, 15) is 8.78 Å². The van der Waals surface area contributed by atoms with Crippen molar-refractivity contribution in [3.63, 3.8) is 0 Å². The first-order valence-corrected chi connectivity index (χ1v) is 5.77. The number of hydrogen-bond donors (Lipinski definition) is 1. The molecule has 1 aliphatic rings. The summed E-state index contributed by atoms with van der Waals surface area (Å²) in [5.74, 6) is -0.799. The molecule has 16 heavy (non-hydrogen) atoms. The van der Waals surface area contributed by atoms with Crippen LogP contribution < -0.4 is 5.32 Å². The first-order valence-electron chi connectivity index (χ1n) is 5.77. The Morgan fingerprint density at radius 2 is 2.00 bits per heavy atom. The Kier molecular flexibility index (Phi) is 3.24. The fourth-order valence-electron chi connectivity index (χ4n) is 2.67. The van der Waals surface area contributed by atoms with E-state index < -0.39 is 5.82 Å². The van der Waals surface area contributed by atoms with Crippen LogP contribution in [-0.2, 0) is 0 Å². The van der Waals surface area contributed by atoms with Crippen molar-refractivity contribution in [1.82, 2.24) is 5.32 Å². The summed E-state index contributed by atoms with van der Waals surface area (Å²) in [6.07, 6.45) is 2.89. The second-order valence-corrected chi connectivity index (χ2v) is 4.52. The molecule has 0 amide bonds. The van der Waals surface area contributed by atoms with Gasteiger partial charge >= 0.3 is 0 Å². The summed E-state index contributed by atoms with van der Waals surface area (Å²) in [6, 6.07) is 3.07. The first-order chi connectivity index (χ1) is 7.65. The fourth-order valence-corrected chi connectivity index (χ4v) is 2.67. The van der Waals surface area contributed by atoms with Crippen LogP contribution in [0.15, 0.2) is 12.1 Å². The van der Waals surface area contributed by atoms with Crippen LogP contribution >= 0.6 is 0 Å². The Labute approximate surface area is 94.9 Å². The van der Waals surface area contributed by atoms with E-state index in [-0.39, 0.29) is 23.3 Å². The van der Waals surface area contributed by atoms with Crippen LogP contribution in [-0.4, -0.2) is 13.1 Å². The summed E-state index contributed by atoms with van der Waals surface area (Å²) in [5.41, 5.74) is 0.801. The normalized spacial score (nSPS) is 25.0. The van der Waals surface area contributed by atoms with Crippen LogP contribution in [0.5, 0.6) is 0 Å². The first kappa shape index (κ1) is 11.5. The highest BCUT2D eigenvalue weighted by Crippen LogP contribution is 2.37. The van der Waals surface area contributed by atoms with E-state index >= 15 is 0 Å². The van der Waals surface area contributed by atoms with Gasteiger partial charge in [0.05, 0.1) is 0 Å². The van der Waals surface area contributed by atoms with Gasteiger partial charge in [-0.25, -0.2) is 8.78 Å². The zero-order valence-electron chi connectivity index (χ0n) is 9.69. The molecule has 0 heterocycles. The third-order valence-corrected chi connectivity index (χ3v) is 3.58. The van der Waals surface area contributed by atoms with E-state index in [1.54, 1.807) is 6.92 Å². The lowest BCUT2D eigenvalue weighted by Gasteiger charge is -2.21. The highest BCUT2D eigenvalue weighted by molar-refractivity contribution is 5.31. The number of rotatable bonds is 2. The fraction of sp³-hybridized carbons (Fsp3) is 0.538. The van der Waals surface area contributed by atoms with Crippen LogP contribution in [0, 0.1) is 18.6 Å². The maximum absolute atomic E-state index is 14.0. The molecule has 1 fully saturated rings. The third kappa shape index (κ3) is 1.84. The summed E-state index contributed by atoms with van der Waals surface area (Å²) in [7, 11) is 1.86. The minimum atomic E-state index is -0.407. The highest BCUT2D eigenvalue weighted by atomic mass is 19.1. The Hall–Kier alpha value is -0.960. The zero-order chi connectivity index (χ0) is 11.7. The van der Waals surface area contributed by atoms with Crippen molar-refractivity contribution in [1.29, 1.82) is 0 Å². The second-order valence-electron chi connectivity index (χ2n) is 4.52. The van der Waals surface area contributed by atoms with Crippen molar-refractivity contribution in [2.75, 3.05) is 7.05 Å². The number of hydrogen-bond acceptors (Lipinski definition) is 1. The van der Waals surface area contributed by atoms with Crippen molar-refractivity contribution in [2.24, 2.45) is 0 Å². The third-order valence-electron chi connectivity index (χ3n) is 3.58. The van der Waals surface area contributed by atoms with Gasteiger partial charge in [0.15, 0.2) is 0 Å². The van der Waals surface area contributed by atoms with Crippen LogP contribution in [0.25, 0.3) is 0 Å². The molecule has 1 nitrogen and oxygen atoms in total. The molecule has 0 aromatic heterocycles. The molecular formula is C13H17F2N. The predicted molar refractivity (Wildman–Crippen MR) is 60.5 cm³/mol. The molecule has 1 aromatic carbocycles. The molecule has 88 valence electrons. The van der Waals surface area contributed by atoms with E-state index in [2.05, 4.69) is 5.32 Å². The van der Waals surface area contributed by atoms with Gasteiger partial charge in [0, 0.05) is 17.5 Å². The van der Waals surface area contributed by atoms with Gasteiger partial charge in [0.25, 0.3) is 0 Å². The standard InChI is InChI=1S/C13H17F2N/c1-8-6-7-10(14)12(13(8)15)9-4-3-5-11(9)16-2/h6-7,9,11,16H,3-5H2,1-2H3. The molecule has 0 saturated heterocycles. The summed E-state index contributed by atoms with van der Waals surface area (Å²) in [6.45, 7) is 1.68. The number of benzene rings is 1. The number of aryl methyl sites for hydroxylation is 1. The lowest BCUT2D eigenvalue weighted by molar-refractivity contribution is 0.466. The summed E-state index contributed by atoms with van der Waals surface area (Å²) in [5, 5.41) is 3.15. The molecule has 0 aliphatic heterocycles. The maximum Gasteiger partial charge on any atom is 0.132 e. The molecule has 2 rings (SSSR count). The molecule has 3 heteroatoms. The largest absolute Gasteiger partial charge is 0.316 e. The van der Waals surface area contributed by atoms with Gasteiger partial charge < -0.3 is 5.32 Å². The molecule has 1 aromatic rings.